The lowest BCUT2D eigenvalue weighted by molar-refractivity contribution is -0.153. The van der Waals surface area contributed by atoms with Gasteiger partial charge in [-0.15, -0.1) is 11.3 Å². The molecule has 1 unspecified atom stereocenters. The molecule has 2 heterocycles. The summed E-state index contributed by atoms with van der Waals surface area (Å²) in [5.74, 6) is 0. The fraction of sp³-hybridized carbons (Fsp3) is 0.667. The van der Waals surface area contributed by atoms with E-state index in [1.807, 2.05) is 25.4 Å². The minimum absolute atomic E-state index is 0.120. The Morgan fingerprint density at radius 3 is 2.67 bits per heavy atom. The highest BCUT2D eigenvalue weighted by Gasteiger charge is 2.23. The van der Waals surface area contributed by atoms with E-state index >= 15 is 0 Å². The van der Waals surface area contributed by atoms with Crippen LogP contribution in [0.25, 0.3) is 4.96 Å². The number of imidazole rings is 1. The number of fused-ring (bicyclic) bond motifs is 1. The number of hydrogen-bond donors (Lipinski definition) is 1. The second kappa shape index (κ2) is 8.48. The standard InChI is InChI=1S/C15H25N3O2S/c1-4-7-16-13(14(19-5-2)20-6-3)10-12-11-18-8-9-21-15(18)17-12/h8-9,11,13-14,16H,4-7,10H2,1-3H3. The normalized spacial score (nSPS) is 13.3. The SMILES string of the molecule is CCCNC(Cc1cn2ccsc2n1)C(OCC)OCC. The van der Waals surface area contributed by atoms with Crippen LogP contribution in [-0.4, -0.2) is 41.5 Å². The van der Waals surface area contributed by atoms with Crippen LogP contribution in [0.1, 0.15) is 32.9 Å². The van der Waals surface area contributed by atoms with E-state index < -0.39 is 0 Å². The fourth-order valence-electron chi connectivity index (χ4n) is 2.30. The van der Waals surface area contributed by atoms with E-state index in [0.717, 1.165) is 30.0 Å². The van der Waals surface area contributed by atoms with Crippen molar-refractivity contribution >= 4 is 16.3 Å². The van der Waals surface area contributed by atoms with Crippen molar-refractivity contribution < 1.29 is 9.47 Å². The highest BCUT2D eigenvalue weighted by Crippen LogP contribution is 2.15. The zero-order valence-electron chi connectivity index (χ0n) is 13.0. The Kier molecular flexibility index (Phi) is 6.63. The largest absolute Gasteiger partial charge is 0.351 e. The monoisotopic (exact) mass is 311 g/mol. The van der Waals surface area contributed by atoms with Crippen LogP contribution in [0.15, 0.2) is 17.8 Å². The first kappa shape index (κ1) is 16.4. The summed E-state index contributed by atoms with van der Waals surface area (Å²) in [4.78, 5) is 5.68. The second-order valence-electron chi connectivity index (χ2n) is 4.87. The van der Waals surface area contributed by atoms with E-state index in [1.54, 1.807) is 11.3 Å². The summed E-state index contributed by atoms with van der Waals surface area (Å²) in [6.45, 7) is 8.39. The maximum Gasteiger partial charge on any atom is 0.193 e. The molecule has 0 radical (unpaired) electrons. The molecule has 0 aliphatic rings. The quantitative estimate of drug-likeness (QED) is 0.685. The van der Waals surface area contributed by atoms with Gasteiger partial charge in [0.25, 0.3) is 0 Å². The summed E-state index contributed by atoms with van der Waals surface area (Å²) in [5, 5.41) is 5.57. The highest BCUT2D eigenvalue weighted by atomic mass is 32.1. The summed E-state index contributed by atoms with van der Waals surface area (Å²) in [5.41, 5.74) is 1.07. The maximum absolute atomic E-state index is 5.75. The van der Waals surface area contributed by atoms with Crippen LogP contribution in [0.5, 0.6) is 0 Å². The molecule has 0 bridgehead atoms. The minimum Gasteiger partial charge on any atom is -0.351 e. The predicted molar refractivity (Wildman–Crippen MR) is 85.9 cm³/mol. The molecule has 21 heavy (non-hydrogen) atoms. The summed E-state index contributed by atoms with van der Waals surface area (Å²) in [6.07, 6.45) is 5.78. The maximum atomic E-state index is 5.75. The lowest BCUT2D eigenvalue weighted by Gasteiger charge is -2.27. The number of hydrogen-bond acceptors (Lipinski definition) is 5. The van der Waals surface area contributed by atoms with Crippen LogP contribution in [0, 0.1) is 0 Å². The Hall–Kier alpha value is -0.950. The van der Waals surface area contributed by atoms with Crippen molar-refractivity contribution in [2.45, 2.75) is 45.9 Å². The van der Waals surface area contributed by atoms with Crippen molar-refractivity contribution in [3.63, 3.8) is 0 Å². The molecular formula is C15H25N3O2S. The lowest BCUT2D eigenvalue weighted by Crippen LogP contribution is -2.45. The van der Waals surface area contributed by atoms with Crippen molar-refractivity contribution in [1.29, 1.82) is 0 Å². The fourth-order valence-corrected chi connectivity index (χ4v) is 3.02. The van der Waals surface area contributed by atoms with Crippen molar-refractivity contribution in [2.75, 3.05) is 19.8 Å². The summed E-state index contributed by atoms with van der Waals surface area (Å²) in [6, 6.07) is 0.120. The Bertz CT molecular complexity index is 491. The molecule has 5 nitrogen and oxygen atoms in total. The average Bonchev–Trinajstić information content (AvgIpc) is 3.04. The number of aromatic nitrogens is 2. The number of nitrogens with zero attached hydrogens (tertiary/aromatic N) is 2. The topological polar surface area (TPSA) is 47.8 Å². The Labute approximate surface area is 130 Å². The molecule has 0 amide bonds. The Morgan fingerprint density at radius 2 is 2.05 bits per heavy atom. The van der Waals surface area contributed by atoms with Gasteiger partial charge in [0.2, 0.25) is 0 Å². The molecule has 1 N–H and O–H groups in total. The van der Waals surface area contributed by atoms with E-state index in [9.17, 15) is 0 Å². The Balaban J connectivity index is 2.07. The third kappa shape index (κ3) is 4.51. The van der Waals surface area contributed by atoms with Crippen LogP contribution < -0.4 is 5.32 Å². The molecule has 0 fully saturated rings. The molecule has 0 spiro atoms. The lowest BCUT2D eigenvalue weighted by atomic mass is 10.1. The molecule has 2 rings (SSSR count). The van der Waals surface area contributed by atoms with Crippen molar-refractivity contribution in [1.82, 2.24) is 14.7 Å². The smallest absolute Gasteiger partial charge is 0.193 e. The molecule has 118 valence electrons. The van der Waals surface area contributed by atoms with Crippen LogP contribution in [0.3, 0.4) is 0 Å². The van der Waals surface area contributed by atoms with Gasteiger partial charge in [0.1, 0.15) is 0 Å². The van der Waals surface area contributed by atoms with Crippen molar-refractivity contribution in [3.05, 3.63) is 23.5 Å². The molecule has 2 aromatic heterocycles. The van der Waals surface area contributed by atoms with E-state index in [1.165, 1.54) is 0 Å². The van der Waals surface area contributed by atoms with Crippen LogP contribution in [-0.2, 0) is 15.9 Å². The summed E-state index contributed by atoms with van der Waals surface area (Å²) < 4.78 is 13.6. The van der Waals surface area contributed by atoms with E-state index in [-0.39, 0.29) is 12.3 Å². The molecule has 0 aliphatic carbocycles. The van der Waals surface area contributed by atoms with E-state index in [2.05, 4.69) is 27.8 Å². The summed E-state index contributed by atoms with van der Waals surface area (Å²) >= 11 is 1.65. The van der Waals surface area contributed by atoms with Gasteiger partial charge in [0.15, 0.2) is 11.3 Å². The molecule has 0 aromatic carbocycles. The van der Waals surface area contributed by atoms with Crippen LogP contribution >= 0.6 is 11.3 Å². The van der Waals surface area contributed by atoms with Gasteiger partial charge in [0.05, 0.1) is 11.7 Å². The minimum atomic E-state index is -0.230. The molecule has 0 aliphatic heterocycles. The molecule has 6 heteroatoms. The van der Waals surface area contributed by atoms with Gasteiger partial charge in [0, 0.05) is 37.4 Å². The zero-order chi connectivity index (χ0) is 15.1. The predicted octanol–water partition coefficient (Wildman–Crippen LogP) is 2.71. The number of thiazole rings is 1. The third-order valence-electron chi connectivity index (χ3n) is 3.22. The summed E-state index contributed by atoms with van der Waals surface area (Å²) in [7, 11) is 0. The Morgan fingerprint density at radius 1 is 1.29 bits per heavy atom. The van der Waals surface area contributed by atoms with Gasteiger partial charge in [-0.2, -0.15) is 0 Å². The first-order valence-corrected chi connectivity index (χ1v) is 8.54. The zero-order valence-corrected chi connectivity index (χ0v) is 13.9. The van der Waals surface area contributed by atoms with Crippen molar-refractivity contribution in [2.24, 2.45) is 0 Å². The molecule has 2 aromatic rings. The average molecular weight is 311 g/mol. The van der Waals surface area contributed by atoms with Gasteiger partial charge in [-0.05, 0) is 26.8 Å². The molecule has 0 saturated heterocycles. The van der Waals surface area contributed by atoms with Gasteiger partial charge < -0.3 is 14.8 Å². The third-order valence-corrected chi connectivity index (χ3v) is 3.99. The van der Waals surface area contributed by atoms with E-state index in [0.29, 0.717) is 13.2 Å². The number of nitrogens with one attached hydrogen (secondary N) is 1. The molecular weight excluding hydrogens is 286 g/mol. The van der Waals surface area contributed by atoms with Crippen LogP contribution in [0.2, 0.25) is 0 Å². The second-order valence-corrected chi connectivity index (χ2v) is 5.74. The van der Waals surface area contributed by atoms with Gasteiger partial charge in [-0.3, -0.25) is 4.40 Å². The molecule has 1 atom stereocenters. The van der Waals surface area contributed by atoms with Crippen LogP contribution in [0.4, 0.5) is 0 Å². The van der Waals surface area contributed by atoms with E-state index in [4.69, 9.17) is 9.47 Å². The molecule has 0 saturated carbocycles. The van der Waals surface area contributed by atoms with Crippen molar-refractivity contribution in [3.8, 4) is 0 Å². The highest BCUT2D eigenvalue weighted by molar-refractivity contribution is 7.15. The van der Waals surface area contributed by atoms with Gasteiger partial charge in [-0.25, -0.2) is 4.98 Å². The first-order chi connectivity index (χ1) is 10.3. The number of ether oxygens (including phenoxy) is 2. The number of rotatable bonds is 10. The van der Waals surface area contributed by atoms with Gasteiger partial charge in [-0.1, -0.05) is 6.92 Å². The van der Waals surface area contributed by atoms with Gasteiger partial charge >= 0.3 is 0 Å². The first-order valence-electron chi connectivity index (χ1n) is 7.66.